The standard InChI is InChI=1S/C26H27N5O3/c1-17-8-9-18(2)21(14-17)29-10-12-30(13-11-29)22(32)16-31-25(33)24-23(28-26(31)34)20(15-27-24)19-6-4-3-5-7-19/h3-9,14-15,27H,10-13,16H2,1-2H3,(H,28,34). The van der Waals surface area contributed by atoms with Gasteiger partial charge in [0.1, 0.15) is 12.1 Å². The molecule has 174 valence electrons. The first kappa shape index (κ1) is 21.8. The molecule has 1 fully saturated rings. The van der Waals surface area contributed by atoms with Gasteiger partial charge in [-0.1, -0.05) is 42.5 Å². The van der Waals surface area contributed by atoms with Crippen molar-refractivity contribution in [3.8, 4) is 11.1 Å². The number of H-pyrrole nitrogens is 2. The third kappa shape index (κ3) is 3.91. The number of aromatic nitrogens is 3. The molecule has 2 aromatic carbocycles. The van der Waals surface area contributed by atoms with Crippen LogP contribution in [-0.2, 0) is 11.3 Å². The highest BCUT2D eigenvalue weighted by molar-refractivity contribution is 5.91. The molecule has 2 N–H and O–H groups in total. The van der Waals surface area contributed by atoms with E-state index in [1.165, 1.54) is 16.8 Å². The molecule has 0 unspecified atom stereocenters. The summed E-state index contributed by atoms with van der Waals surface area (Å²) in [5.74, 6) is -0.234. The van der Waals surface area contributed by atoms with Crippen LogP contribution in [0.2, 0.25) is 0 Å². The van der Waals surface area contributed by atoms with Crippen LogP contribution in [0.1, 0.15) is 11.1 Å². The van der Waals surface area contributed by atoms with Gasteiger partial charge in [0.15, 0.2) is 0 Å². The van der Waals surface area contributed by atoms with Crippen LogP contribution in [0, 0.1) is 13.8 Å². The number of hydrogen-bond donors (Lipinski definition) is 2. The van der Waals surface area contributed by atoms with Crippen LogP contribution in [0.3, 0.4) is 0 Å². The number of amides is 1. The molecule has 8 nitrogen and oxygen atoms in total. The summed E-state index contributed by atoms with van der Waals surface area (Å²) < 4.78 is 0.979. The number of nitrogens with one attached hydrogen (secondary N) is 2. The summed E-state index contributed by atoms with van der Waals surface area (Å²) in [6, 6.07) is 15.9. The minimum Gasteiger partial charge on any atom is -0.368 e. The van der Waals surface area contributed by atoms with E-state index in [-0.39, 0.29) is 18.0 Å². The number of benzene rings is 2. The molecule has 3 heterocycles. The third-order valence-electron chi connectivity index (χ3n) is 6.53. The Kier molecular flexibility index (Phi) is 5.57. The predicted molar refractivity (Wildman–Crippen MR) is 133 cm³/mol. The van der Waals surface area contributed by atoms with Crippen LogP contribution in [0.15, 0.2) is 64.3 Å². The monoisotopic (exact) mass is 457 g/mol. The number of rotatable bonds is 4. The SMILES string of the molecule is Cc1ccc(C)c(N2CCN(C(=O)Cn3c(=O)[nH]c4c(-c5ccccc5)c[nH]c4c3=O)CC2)c1. The van der Waals surface area contributed by atoms with Gasteiger partial charge in [0.2, 0.25) is 5.91 Å². The maximum atomic E-state index is 13.1. The fourth-order valence-electron chi connectivity index (χ4n) is 4.60. The van der Waals surface area contributed by atoms with Gasteiger partial charge < -0.3 is 19.8 Å². The molecule has 0 radical (unpaired) electrons. The highest BCUT2D eigenvalue weighted by Crippen LogP contribution is 2.25. The van der Waals surface area contributed by atoms with E-state index >= 15 is 0 Å². The molecular weight excluding hydrogens is 430 g/mol. The normalized spacial score (nSPS) is 14.1. The number of hydrogen-bond acceptors (Lipinski definition) is 4. The Morgan fingerprint density at radius 2 is 1.68 bits per heavy atom. The second kappa shape index (κ2) is 8.70. The molecule has 5 rings (SSSR count). The fourth-order valence-corrected chi connectivity index (χ4v) is 4.60. The Morgan fingerprint density at radius 3 is 2.41 bits per heavy atom. The molecule has 1 aliphatic heterocycles. The van der Waals surface area contributed by atoms with Crippen LogP contribution in [-0.4, -0.2) is 51.5 Å². The zero-order chi connectivity index (χ0) is 23.8. The van der Waals surface area contributed by atoms with Gasteiger partial charge in [-0.2, -0.15) is 0 Å². The van der Waals surface area contributed by atoms with Crippen LogP contribution < -0.4 is 16.1 Å². The minimum atomic E-state index is -0.586. The molecule has 0 aliphatic carbocycles. The summed E-state index contributed by atoms with van der Waals surface area (Å²) in [7, 11) is 0. The highest BCUT2D eigenvalue weighted by Gasteiger charge is 2.24. The van der Waals surface area contributed by atoms with E-state index in [9.17, 15) is 14.4 Å². The highest BCUT2D eigenvalue weighted by atomic mass is 16.2. The first-order valence-electron chi connectivity index (χ1n) is 11.4. The summed E-state index contributed by atoms with van der Waals surface area (Å²) in [6.07, 6.45) is 1.70. The van der Waals surface area contributed by atoms with Crippen molar-refractivity contribution < 1.29 is 4.79 Å². The van der Waals surface area contributed by atoms with E-state index in [4.69, 9.17) is 0 Å². The van der Waals surface area contributed by atoms with E-state index in [0.29, 0.717) is 31.7 Å². The lowest BCUT2D eigenvalue weighted by Gasteiger charge is -2.37. The number of aromatic amines is 2. The number of anilines is 1. The van der Waals surface area contributed by atoms with Crippen molar-refractivity contribution in [2.24, 2.45) is 0 Å². The van der Waals surface area contributed by atoms with E-state index in [1.807, 2.05) is 30.3 Å². The van der Waals surface area contributed by atoms with Gasteiger partial charge in [-0.15, -0.1) is 0 Å². The van der Waals surface area contributed by atoms with Gasteiger partial charge in [0.25, 0.3) is 5.56 Å². The van der Waals surface area contributed by atoms with Gasteiger partial charge in [0, 0.05) is 43.6 Å². The predicted octanol–water partition coefficient (Wildman–Crippen LogP) is 2.65. The first-order valence-corrected chi connectivity index (χ1v) is 11.4. The zero-order valence-electron chi connectivity index (χ0n) is 19.3. The lowest BCUT2D eigenvalue weighted by Crippen LogP contribution is -2.51. The Bertz CT molecular complexity index is 1470. The molecule has 0 spiro atoms. The summed E-state index contributed by atoms with van der Waals surface area (Å²) >= 11 is 0. The van der Waals surface area contributed by atoms with Crippen molar-refractivity contribution >= 4 is 22.6 Å². The van der Waals surface area contributed by atoms with E-state index < -0.39 is 11.2 Å². The first-order chi connectivity index (χ1) is 16.4. The van der Waals surface area contributed by atoms with E-state index in [2.05, 4.69) is 46.9 Å². The maximum absolute atomic E-state index is 13.1. The van der Waals surface area contributed by atoms with Gasteiger partial charge in [-0.05, 0) is 36.6 Å². The van der Waals surface area contributed by atoms with Crippen LogP contribution in [0.5, 0.6) is 0 Å². The second-order valence-electron chi connectivity index (χ2n) is 8.80. The molecule has 4 aromatic rings. The Balaban J connectivity index is 1.34. The summed E-state index contributed by atoms with van der Waals surface area (Å²) in [6.45, 7) is 6.37. The van der Waals surface area contributed by atoms with Crippen molar-refractivity contribution in [3.63, 3.8) is 0 Å². The Labute approximate surface area is 196 Å². The van der Waals surface area contributed by atoms with Crippen LogP contribution in [0.25, 0.3) is 22.2 Å². The van der Waals surface area contributed by atoms with Gasteiger partial charge in [-0.3, -0.25) is 9.59 Å². The molecule has 1 saturated heterocycles. The molecule has 1 aliphatic rings. The molecule has 0 saturated carbocycles. The molecule has 1 amide bonds. The largest absolute Gasteiger partial charge is 0.368 e. The number of piperazine rings is 1. The van der Waals surface area contributed by atoms with Crippen LogP contribution in [0.4, 0.5) is 5.69 Å². The van der Waals surface area contributed by atoms with E-state index in [0.717, 1.165) is 15.7 Å². The maximum Gasteiger partial charge on any atom is 0.329 e. The zero-order valence-corrected chi connectivity index (χ0v) is 19.3. The summed E-state index contributed by atoms with van der Waals surface area (Å²) in [5, 5.41) is 0. The number of nitrogens with zero attached hydrogens (tertiary/aromatic N) is 3. The third-order valence-corrected chi connectivity index (χ3v) is 6.53. The molecule has 8 heteroatoms. The van der Waals surface area contributed by atoms with Crippen LogP contribution >= 0.6 is 0 Å². The molecule has 34 heavy (non-hydrogen) atoms. The number of fused-ring (bicyclic) bond motifs is 1. The number of carbonyl (C=O) groups is 1. The lowest BCUT2D eigenvalue weighted by atomic mass is 10.1. The second-order valence-corrected chi connectivity index (χ2v) is 8.80. The van der Waals surface area contributed by atoms with Crippen molar-refractivity contribution in [1.82, 2.24) is 19.4 Å². The summed E-state index contributed by atoms with van der Waals surface area (Å²) in [5.41, 5.74) is 4.87. The van der Waals surface area contributed by atoms with Crippen molar-refractivity contribution in [3.05, 3.63) is 86.7 Å². The number of aryl methyl sites for hydroxylation is 2. The number of carbonyl (C=O) groups excluding carboxylic acids is 1. The van der Waals surface area contributed by atoms with Crippen molar-refractivity contribution in [2.75, 3.05) is 31.1 Å². The van der Waals surface area contributed by atoms with Crippen molar-refractivity contribution in [1.29, 1.82) is 0 Å². The lowest BCUT2D eigenvalue weighted by molar-refractivity contribution is -0.132. The molecule has 2 aromatic heterocycles. The molecule has 0 atom stereocenters. The van der Waals surface area contributed by atoms with Gasteiger partial charge in [0.05, 0.1) is 5.52 Å². The Morgan fingerprint density at radius 1 is 0.941 bits per heavy atom. The van der Waals surface area contributed by atoms with E-state index in [1.54, 1.807) is 11.1 Å². The van der Waals surface area contributed by atoms with Gasteiger partial charge in [-0.25, -0.2) is 9.36 Å². The van der Waals surface area contributed by atoms with Crippen molar-refractivity contribution in [2.45, 2.75) is 20.4 Å². The Hall–Kier alpha value is -4.07. The average Bonchev–Trinajstić information content (AvgIpc) is 3.27. The van der Waals surface area contributed by atoms with Gasteiger partial charge >= 0.3 is 5.69 Å². The summed E-state index contributed by atoms with van der Waals surface area (Å²) in [4.78, 5) is 48.6. The average molecular weight is 458 g/mol. The topological polar surface area (TPSA) is 94.2 Å². The quantitative estimate of drug-likeness (QED) is 0.493. The molecule has 0 bridgehead atoms. The smallest absolute Gasteiger partial charge is 0.329 e. The minimum absolute atomic E-state index is 0.234. The fraction of sp³-hybridized carbons (Fsp3) is 0.269. The molecular formula is C26H27N5O3.